The molecule has 8 heteroatoms. The van der Waals surface area contributed by atoms with Gasteiger partial charge in [-0.05, 0) is 118 Å². The van der Waals surface area contributed by atoms with Crippen LogP contribution in [0.4, 0.5) is 0 Å². The Kier molecular flexibility index (Phi) is 14.3. The first-order valence-electron chi connectivity index (χ1n) is 20.0. The highest BCUT2D eigenvalue weighted by Crippen LogP contribution is 2.39. The van der Waals surface area contributed by atoms with Gasteiger partial charge in [-0.15, -0.1) is 0 Å². The predicted molar refractivity (Wildman–Crippen MR) is 219 cm³/mol. The molecule has 2 aliphatic heterocycles. The zero-order chi connectivity index (χ0) is 38.8. The van der Waals surface area contributed by atoms with Crippen molar-refractivity contribution in [1.29, 1.82) is 0 Å². The number of rotatable bonds is 13. The van der Waals surface area contributed by atoms with Gasteiger partial charge in [-0.25, -0.2) is 0 Å². The lowest BCUT2D eigenvalue weighted by Crippen LogP contribution is -2.43. The lowest BCUT2D eigenvalue weighted by molar-refractivity contribution is -0.131. The monoisotopic (exact) mass is 731 g/mol. The molecule has 0 radical (unpaired) electrons. The van der Waals surface area contributed by atoms with Gasteiger partial charge in [0.2, 0.25) is 12.3 Å². The summed E-state index contributed by atoms with van der Waals surface area (Å²) in [6.45, 7) is 12.7. The molecule has 1 aromatic heterocycles. The number of carbonyl (C=O) groups is 3. The van der Waals surface area contributed by atoms with Crippen molar-refractivity contribution in [2.24, 2.45) is 5.73 Å². The van der Waals surface area contributed by atoms with Crippen LogP contribution in [0.25, 0.3) is 11.3 Å². The molecule has 0 saturated carbocycles. The Morgan fingerprint density at radius 2 is 1.52 bits per heavy atom. The van der Waals surface area contributed by atoms with E-state index in [0.29, 0.717) is 26.1 Å². The number of carbonyl (C=O) groups excluding carboxylic acids is 3. The Balaban J connectivity index is 0.00000181. The first-order valence-corrected chi connectivity index (χ1v) is 20.0. The van der Waals surface area contributed by atoms with E-state index in [2.05, 4.69) is 98.3 Å². The van der Waals surface area contributed by atoms with E-state index in [1.54, 1.807) is 0 Å². The second kappa shape index (κ2) is 19.1. The van der Waals surface area contributed by atoms with E-state index < -0.39 is 0 Å². The second-order valence-corrected chi connectivity index (χ2v) is 15.3. The first-order chi connectivity index (χ1) is 26.1. The summed E-state index contributed by atoms with van der Waals surface area (Å²) < 4.78 is 2.54. The fourth-order valence-corrected chi connectivity index (χ4v) is 8.23. The highest BCUT2D eigenvalue weighted by molar-refractivity contribution is 6.02. The predicted octanol–water partition coefficient (Wildman–Crippen LogP) is 7.53. The number of likely N-dealkylation sites (N-methyl/N-ethyl adjacent to an activating group) is 1. The average Bonchev–Trinajstić information content (AvgIpc) is 3.43. The molecule has 0 saturated heterocycles. The van der Waals surface area contributed by atoms with Crippen molar-refractivity contribution in [3.05, 3.63) is 117 Å². The summed E-state index contributed by atoms with van der Waals surface area (Å²) in [4.78, 5) is 43.7. The minimum atomic E-state index is 0.0853. The molecule has 2 N–H and O–H groups in total. The molecule has 2 aliphatic rings. The van der Waals surface area contributed by atoms with Crippen LogP contribution in [-0.2, 0) is 61.3 Å². The third kappa shape index (κ3) is 9.33. The molecule has 8 nitrogen and oxygen atoms in total. The minimum Gasteiger partial charge on any atom is -0.372 e. The van der Waals surface area contributed by atoms with Crippen LogP contribution in [0.2, 0.25) is 0 Å². The molecule has 0 bridgehead atoms. The Labute approximate surface area is 323 Å². The number of hydrogen-bond donors (Lipinski definition) is 1. The molecule has 4 aromatic rings. The Morgan fingerprint density at radius 3 is 2.19 bits per heavy atom. The normalized spacial score (nSPS) is 15.0. The summed E-state index contributed by atoms with van der Waals surface area (Å²) in [5, 5.41) is 0. The van der Waals surface area contributed by atoms with Crippen molar-refractivity contribution in [3.8, 4) is 11.3 Å². The Morgan fingerprint density at radius 1 is 0.870 bits per heavy atom. The maximum Gasteiger partial charge on any atom is 0.255 e. The van der Waals surface area contributed by atoms with Crippen LogP contribution in [-0.4, -0.2) is 70.7 Å². The van der Waals surface area contributed by atoms with Crippen LogP contribution in [0.5, 0.6) is 0 Å². The standard InChI is InChI=1S/C45H58N4O2.CH3NO/c1-7-9-20-39-33(4)48(25-24-46(5)6)44(40(39)21-10-8-2)41-28-36-22-23-47(43(50)27-34-16-12-11-13-17-34)30-38(36)29-42(41)45(51)49-31-37-19-15-14-18-35(37)26-32(49)3;2-1-3/h11-19,28-29,32H,7-10,20-27,30-31H2,1-6H3;1H,(H2,2,3)/t32-;/m1./s1. The van der Waals surface area contributed by atoms with Gasteiger partial charge in [0.05, 0.1) is 12.1 Å². The van der Waals surface area contributed by atoms with Gasteiger partial charge in [-0.2, -0.15) is 0 Å². The highest BCUT2D eigenvalue weighted by Gasteiger charge is 2.33. The van der Waals surface area contributed by atoms with Crippen LogP contribution in [0.1, 0.15) is 101 Å². The van der Waals surface area contributed by atoms with E-state index in [9.17, 15) is 4.79 Å². The zero-order valence-electron chi connectivity index (χ0n) is 33.5. The summed E-state index contributed by atoms with van der Waals surface area (Å²) >= 11 is 0. The summed E-state index contributed by atoms with van der Waals surface area (Å²) in [6, 6.07) is 23.2. The number of primary amides is 1. The van der Waals surface area contributed by atoms with Gasteiger partial charge in [0.15, 0.2) is 0 Å². The summed E-state index contributed by atoms with van der Waals surface area (Å²) in [6.07, 6.45) is 8.92. The van der Waals surface area contributed by atoms with E-state index in [1.807, 2.05) is 35.2 Å². The summed E-state index contributed by atoms with van der Waals surface area (Å²) in [7, 11) is 4.28. The molecule has 3 amide bonds. The average molecular weight is 732 g/mol. The number of nitrogens with two attached hydrogens (primary N) is 1. The van der Waals surface area contributed by atoms with E-state index >= 15 is 4.79 Å². The van der Waals surface area contributed by atoms with E-state index in [-0.39, 0.29) is 24.3 Å². The van der Waals surface area contributed by atoms with E-state index in [0.717, 1.165) is 86.7 Å². The molecule has 0 fully saturated rings. The number of unbranched alkanes of at least 4 members (excludes halogenated alkanes) is 2. The number of benzene rings is 3. The molecule has 6 rings (SSSR count). The zero-order valence-corrected chi connectivity index (χ0v) is 33.5. The maximum atomic E-state index is 15.2. The van der Waals surface area contributed by atoms with Crippen LogP contribution in [0.15, 0.2) is 66.7 Å². The quantitative estimate of drug-likeness (QED) is 0.144. The van der Waals surface area contributed by atoms with Gasteiger partial charge in [-0.1, -0.05) is 81.3 Å². The lowest BCUT2D eigenvalue weighted by atomic mass is 9.87. The van der Waals surface area contributed by atoms with Crippen molar-refractivity contribution in [3.63, 3.8) is 0 Å². The fraction of sp³-hybridized carbons (Fsp3) is 0.457. The third-order valence-electron chi connectivity index (χ3n) is 11.2. The number of fused-ring (bicyclic) bond motifs is 2. The topological polar surface area (TPSA) is 91.9 Å². The Bertz CT molecular complexity index is 1900. The fourth-order valence-electron chi connectivity index (χ4n) is 8.23. The molecule has 3 heterocycles. The van der Waals surface area contributed by atoms with Crippen LogP contribution in [0, 0.1) is 6.92 Å². The van der Waals surface area contributed by atoms with Crippen molar-refractivity contribution in [2.45, 2.75) is 111 Å². The molecule has 0 spiro atoms. The lowest BCUT2D eigenvalue weighted by Gasteiger charge is -2.36. The molecular weight excluding hydrogens is 671 g/mol. The molecule has 288 valence electrons. The molecule has 0 aliphatic carbocycles. The van der Waals surface area contributed by atoms with Gasteiger partial charge < -0.3 is 25.0 Å². The van der Waals surface area contributed by atoms with Gasteiger partial charge in [0.1, 0.15) is 0 Å². The van der Waals surface area contributed by atoms with Crippen molar-refractivity contribution in [1.82, 2.24) is 19.3 Å². The van der Waals surface area contributed by atoms with Crippen molar-refractivity contribution < 1.29 is 14.4 Å². The largest absolute Gasteiger partial charge is 0.372 e. The molecule has 0 unspecified atom stereocenters. The SMILES string of the molecule is CCCCc1c(CCCC)c(-c2cc3c(cc2C(=O)N2Cc4ccccc4C[C@H]2C)CN(C(=O)Cc2ccccc2)CC3)n(CCN(C)C)c1C.NC=O. The molecule has 54 heavy (non-hydrogen) atoms. The van der Waals surface area contributed by atoms with Gasteiger partial charge in [0, 0.05) is 55.6 Å². The molecule has 1 atom stereocenters. The number of amides is 3. The van der Waals surface area contributed by atoms with Crippen molar-refractivity contribution >= 4 is 18.2 Å². The van der Waals surface area contributed by atoms with Gasteiger partial charge in [-0.3, -0.25) is 14.4 Å². The summed E-state index contributed by atoms with van der Waals surface area (Å²) in [5.41, 5.74) is 17.5. The molecular formula is C46H61N5O3. The van der Waals surface area contributed by atoms with Crippen LogP contribution < -0.4 is 5.73 Å². The van der Waals surface area contributed by atoms with Crippen molar-refractivity contribution in [2.75, 3.05) is 27.2 Å². The third-order valence-corrected chi connectivity index (χ3v) is 11.2. The highest BCUT2D eigenvalue weighted by atomic mass is 16.2. The smallest absolute Gasteiger partial charge is 0.255 e. The van der Waals surface area contributed by atoms with Gasteiger partial charge in [0.25, 0.3) is 5.91 Å². The number of aromatic nitrogens is 1. The first kappa shape index (κ1) is 40.5. The number of nitrogens with zero attached hydrogens (tertiary/aromatic N) is 4. The number of hydrogen-bond acceptors (Lipinski definition) is 4. The summed E-state index contributed by atoms with van der Waals surface area (Å²) in [5.74, 6) is 0.234. The Hall–Kier alpha value is -4.69. The molecule has 3 aromatic carbocycles. The maximum absolute atomic E-state index is 15.2. The second-order valence-electron chi connectivity index (χ2n) is 15.3. The van der Waals surface area contributed by atoms with E-state index in [4.69, 9.17) is 4.79 Å². The van der Waals surface area contributed by atoms with Crippen LogP contribution >= 0.6 is 0 Å². The van der Waals surface area contributed by atoms with E-state index in [1.165, 1.54) is 39.2 Å². The minimum absolute atomic E-state index is 0.0853. The van der Waals surface area contributed by atoms with Crippen LogP contribution in [0.3, 0.4) is 0 Å². The van der Waals surface area contributed by atoms with Gasteiger partial charge >= 0.3 is 0 Å².